The summed E-state index contributed by atoms with van der Waals surface area (Å²) in [5.74, 6) is 4.52. The van der Waals surface area contributed by atoms with Crippen molar-refractivity contribution in [2.45, 2.75) is 44.1 Å². The zero-order chi connectivity index (χ0) is 24.9. The number of rotatable bonds is 7. The number of carbonyl (C=O) groups excluding carboxylic acids is 1. The van der Waals surface area contributed by atoms with Gasteiger partial charge in [0, 0.05) is 17.2 Å². The Morgan fingerprint density at radius 3 is 1.92 bits per heavy atom. The van der Waals surface area contributed by atoms with Gasteiger partial charge in [-0.15, -0.1) is 0 Å². The third-order valence-electron chi connectivity index (χ3n) is 8.33. The van der Waals surface area contributed by atoms with Crippen molar-refractivity contribution in [3.8, 4) is 39.7 Å². The molecule has 7 rings (SSSR count). The van der Waals surface area contributed by atoms with Gasteiger partial charge in [-0.3, -0.25) is 4.79 Å². The fourth-order valence-electron chi connectivity index (χ4n) is 7.16. The van der Waals surface area contributed by atoms with E-state index in [-0.39, 0.29) is 11.4 Å². The Kier molecular flexibility index (Phi) is 5.66. The predicted molar refractivity (Wildman–Crippen MR) is 135 cm³/mol. The molecule has 4 saturated carbocycles. The molecule has 3 aromatic rings. The van der Waals surface area contributed by atoms with Crippen LogP contribution >= 0.6 is 0 Å². The average Bonchev–Trinajstić information content (AvgIpc) is 3.37. The Hall–Kier alpha value is -3.48. The number of nitrogens with zero attached hydrogens (tertiary/aromatic N) is 1. The highest BCUT2D eigenvalue weighted by Gasteiger charge is 2.51. The maximum absolute atomic E-state index is 13.1. The van der Waals surface area contributed by atoms with Crippen LogP contribution in [-0.2, 0) is 0 Å². The number of hydrogen-bond acceptors (Lipinski definition) is 6. The minimum absolute atomic E-state index is 0.0485. The molecule has 4 aliphatic carbocycles. The van der Waals surface area contributed by atoms with Crippen LogP contribution in [0.2, 0.25) is 0 Å². The van der Waals surface area contributed by atoms with E-state index in [1.807, 2.05) is 36.4 Å². The molecule has 36 heavy (non-hydrogen) atoms. The summed E-state index contributed by atoms with van der Waals surface area (Å²) in [6.07, 6.45) is 7.35. The van der Waals surface area contributed by atoms with Gasteiger partial charge in [0.05, 0.1) is 21.3 Å². The molecule has 1 heterocycles. The van der Waals surface area contributed by atoms with Gasteiger partial charge in [-0.25, -0.2) is 0 Å². The maximum atomic E-state index is 13.1. The summed E-state index contributed by atoms with van der Waals surface area (Å²) in [7, 11) is 4.79. The minimum atomic E-state index is -0.124. The Labute approximate surface area is 211 Å². The van der Waals surface area contributed by atoms with Crippen LogP contribution in [0.1, 0.15) is 49.0 Å². The van der Waals surface area contributed by atoms with E-state index in [0.717, 1.165) is 53.7 Å². The lowest BCUT2D eigenvalue weighted by Gasteiger charge is -2.56. The van der Waals surface area contributed by atoms with Gasteiger partial charge in [-0.05, 0) is 79.5 Å². The van der Waals surface area contributed by atoms with Crippen molar-refractivity contribution < 1.29 is 23.5 Å². The molecular weight excluding hydrogens is 456 g/mol. The molecule has 188 valence electrons. The first-order chi connectivity index (χ1) is 17.5. The number of aromatic nitrogens is 1. The van der Waals surface area contributed by atoms with Crippen LogP contribution in [0.4, 0.5) is 0 Å². The third-order valence-corrected chi connectivity index (χ3v) is 8.33. The summed E-state index contributed by atoms with van der Waals surface area (Å²) in [6.45, 7) is 0. The van der Waals surface area contributed by atoms with Crippen LogP contribution in [0.15, 0.2) is 47.0 Å². The Morgan fingerprint density at radius 1 is 0.833 bits per heavy atom. The summed E-state index contributed by atoms with van der Waals surface area (Å²) >= 11 is 0. The molecule has 1 aromatic heterocycles. The van der Waals surface area contributed by atoms with E-state index in [2.05, 4.69) is 10.5 Å². The summed E-state index contributed by atoms with van der Waals surface area (Å²) in [4.78, 5) is 13.1. The highest BCUT2D eigenvalue weighted by Crippen LogP contribution is 2.55. The summed E-state index contributed by atoms with van der Waals surface area (Å²) in [6, 6.07) is 13.5. The van der Waals surface area contributed by atoms with Crippen LogP contribution in [-0.4, -0.2) is 37.9 Å². The SMILES string of the molecule is COc1cc(-c2ccc(-c3cc(C(=O)NC45CC6CC(CC(C6)C4)C5)no3)cc2)cc(OC)c1OC. The van der Waals surface area contributed by atoms with E-state index in [4.69, 9.17) is 18.7 Å². The number of amides is 1. The van der Waals surface area contributed by atoms with Crippen LogP contribution in [0, 0.1) is 17.8 Å². The lowest BCUT2D eigenvalue weighted by molar-refractivity contribution is -0.0168. The van der Waals surface area contributed by atoms with Gasteiger partial charge < -0.3 is 24.1 Å². The van der Waals surface area contributed by atoms with Gasteiger partial charge >= 0.3 is 0 Å². The van der Waals surface area contributed by atoms with Crippen LogP contribution in [0.25, 0.3) is 22.5 Å². The lowest BCUT2D eigenvalue weighted by atomic mass is 9.53. The normalized spacial score (nSPS) is 26.0. The fourth-order valence-corrected chi connectivity index (χ4v) is 7.16. The van der Waals surface area contributed by atoms with Gasteiger partial charge in [0.15, 0.2) is 23.0 Å². The molecule has 0 saturated heterocycles. The first-order valence-corrected chi connectivity index (χ1v) is 12.7. The van der Waals surface area contributed by atoms with Gasteiger partial charge in [0.2, 0.25) is 5.75 Å². The molecule has 0 spiro atoms. The van der Waals surface area contributed by atoms with E-state index in [1.165, 1.54) is 19.3 Å². The van der Waals surface area contributed by atoms with Crippen molar-refractivity contribution >= 4 is 5.91 Å². The quantitative estimate of drug-likeness (QED) is 0.457. The van der Waals surface area contributed by atoms with E-state index in [9.17, 15) is 4.79 Å². The maximum Gasteiger partial charge on any atom is 0.273 e. The zero-order valence-electron chi connectivity index (χ0n) is 21.0. The molecule has 0 radical (unpaired) electrons. The summed E-state index contributed by atoms with van der Waals surface area (Å²) < 4.78 is 22.0. The molecule has 7 nitrogen and oxygen atoms in total. The minimum Gasteiger partial charge on any atom is -0.493 e. The summed E-state index contributed by atoms with van der Waals surface area (Å²) in [5, 5.41) is 7.47. The molecule has 4 fully saturated rings. The first kappa shape index (κ1) is 23.0. The van der Waals surface area contributed by atoms with Crippen molar-refractivity contribution in [2.24, 2.45) is 17.8 Å². The number of ether oxygens (including phenoxy) is 3. The van der Waals surface area contributed by atoms with Gasteiger partial charge in [-0.2, -0.15) is 0 Å². The molecule has 1 amide bonds. The van der Waals surface area contributed by atoms with E-state index >= 15 is 0 Å². The molecule has 4 bridgehead atoms. The zero-order valence-corrected chi connectivity index (χ0v) is 21.0. The molecule has 1 N–H and O–H groups in total. The molecular formula is C29H32N2O5. The third kappa shape index (κ3) is 4.00. The van der Waals surface area contributed by atoms with Gasteiger partial charge in [0.25, 0.3) is 5.91 Å². The van der Waals surface area contributed by atoms with Crippen molar-refractivity contribution in [3.05, 3.63) is 48.2 Å². The monoisotopic (exact) mass is 488 g/mol. The topological polar surface area (TPSA) is 82.8 Å². The average molecular weight is 489 g/mol. The van der Waals surface area contributed by atoms with E-state index in [1.54, 1.807) is 27.4 Å². The van der Waals surface area contributed by atoms with Crippen molar-refractivity contribution in [1.29, 1.82) is 0 Å². The number of hydrogen-bond donors (Lipinski definition) is 1. The van der Waals surface area contributed by atoms with Crippen molar-refractivity contribution in [1.82, 2.24) is 10.5 Å². The Bertz CT molecular complexity index is 1220. The van der Waals surface area contributed by atoms with Crippen molar-refractivity contribution in [3.63, 3.8) is 0 Å². The fraction of sp³-hybridized carbons (Fsp3) is 0.448. The highest BCUT2D eigenvalue weighted by atomic mass is 16.5. The number of methoxy groups -OCH3 is 3. The predicted octanol–water partition coefficient (Wildman–Crippen LogP) is 5.73. The van der Waals surface area contributed by atoms with Crippen LogP contribution in [0.3, 0.4) is 0 Å². The second-order valence-corrected chi connectivity index (χ2v) is 10.7. The molecule has 0 unspecified atom stereocenters. The number of benzene rings is 2. The van der Waals surface area contributed by atoms with Crippen LogP contribution in [0.5, 0.6) is 17.2 Å². The van der Waals surface area contributed by atoms with Crippen molar-refractivity contribution in [2.75, 3.05) is 21.3 Å². The number of nitrogens with one attached hydrogen (secondary N) is 1. The second kappa shape index (κ2) is 8.87. The highest BCUT2D eigenvalue weighted by molar-refractivity contribution is 5.93. The largest absolute Gasteiger partial charge is 0.493 e. The standard InChI is InChI=1S/C29H32N2O5/c1-33-25-11-22(12-26(34-2)27(25)35-3)20-4-6-21(7-5-20)24-13-23(31-36-24)28(32)30-29-14-17-8-18(15-29)10-19(9-17)16-29/h4-7,11-13,17-19H,8-10,14-16H2,1-3H3,(H,30,32). The molecule has 4 aliphatic rings. The first-order valence-electron chi connectivity index (χ1n) is 12.7. The van der Waals surface area contributed by atoms with E-state index < -0.39 is 0 Å². The number of carbonyl (C=O) groups is 1. The molecule has 0 atom stereocenters. The molecule has 2 aromatic carbocycles. The molecule has 0 aliphatic heterocycles. The Balaban J connectivity index is 1.19. The second-order valence-electron chi connectivity index (χ2n) is 10.7. The van der Waals surface area contributed by atoms with Crippen LogP contribution < -0.4 is 19.5 Å². The lowest BCUT2D eigenvalue weighted by Crippen LogP contribution is -2.59. The summed E-state index contributed by atoms with van der Waals surface area (Å²) in [5.41, 5.74) is 3.07. The van der Waals surface area contributed by atoms with Gasteiger partial charge in [0.1, 0.15) is 0 Å². The smallest absolute Gasteiger partial charge is 0.273 e. The molecule has 7 heteroatoms. The van der Waals surface area contributed by atoms with Gasteiger partial charge in [-0.1, -0.05) is 29.4 Å². The Morgan fingerprint density at radius 2 is 1.39 bits per heavy atom. The van der Waals surface area contributed by atoms with E-state index in [0.29, 0.717) is 28.7 Å².